The van der Waals surface area contributed by atoms with E-state index in [1.807, 2.05) is 0 Å². The summed E-state index contributed by atoms with van der Waals surface area (Å²) in [4.78, 5) is 48.3. The van der Waals surface area contributed by atoms with Gasteiger partial charge in [-0.15, -0.1) is 0 Å². The fourth-order valence-corrected chi connectivity index (χ4v) is 2.61. The van der Waals surface area contributed by atoms with Crippen LogP contribution in [0.5, 0.6) is 0 Å². The molecule has 3 amide bonds. The Morgan fingerprint density at radius 2 is 1.96 bits per heavy atom. The molecule has 1 unspecified atom stereocenters. The molecule has 7 heteroatoms. The molecule has 0 aromatic heterocycles. The number of likely N-dealkylation sites (tertiary alicyclic amines) is 1. The molecule has 1 aliphatic rings. The Labute approximate surface area is 133 Å². The number of carbonyl (C=O) groups excluding carboxylic acids is 3. The lowest BCUT2D eigenvalue weighted by Gasteiger charge is -2.19. The van der Waals surface area contributed by atoms with Crippen LogP contribution in [0, 0.1) is 0 Å². The highest BCUT2D eigenvalue weighted by Gasteiger charge is 2.40. The Bertz CT molecular complexity index is 668. The lowest BCUT2D eigenvalue weighted by molar-refractivity contribution is -0.141. The maximum absolute atomic E-state index is 12.1. The molecule has 2 N–H and O–H groups in total. The van der Waals surface area contributed by atoms with Gasteiger partial charge in [-0.1, -0.05) is 18.2 Å². The predicted octanol–water partition coefficient (Wildman–Crippen LogP) is 0.579. The summed E-state index contributed by atoms with van der Waals surface area (Å²) in [7, 11) is 0. The largest absolute Gasteiger partial charge is 0.478 e. The topological polar surface area (TPSA) is 104 Å². The maximum Gasteiger partial charge on any atom is 0.335 e. The fraction of sp³-hybridized carbons (Fsp3) is 0.375. The van der Waals surface area contributed by atoms with Crippen molar-refractivity contribution in [3.63, 3.8) is 0 Å². The number of hydrogen-bond donors (Lipinski definition) is 2. The van der Waals surface area contributed by atoms with Gasteiger partial charge in [-0.25, -0.2) is 4.79 Å². The van der Waals surface area contributed by atoms with Gasteiger partial charge in [0, 0.05) is 6.04 Å². The maximum atomic E-state index is 12.1. The van der Waals surface area contributed by atoms with E-state index in [-0.39, 0.29) is 30.4 Å². The first-order valence-corrected chi connectivity index (χ1v) is 7.27. The van der Waals surface area contributed by atoms with Crippen LogP contribution in [0.4, 0.5) is 0 Å². The third kappa shape index (κ3) is 3.56. The number of hydrogen-bond acceptors (Lipinski definition) is 4. The first-order valence-electron chi connectivity index (χ1n) is 7.27. The highest BCUT2D eigenvalue weighted by Crippen LogP contribution is 2.17. The molecule has 1 aromatic carbocycles. The van der Waals surface area contributed by atoms with E-state index in [0.717, 1.165) is 4.90 Å². The molecule has 0 radical (unpaired) electrons. The zero-order chi connectivity index (χ0) is 17.1. The Hall–Kier alpha value is -2.70. The summed E-state index contributed by atoms with van der Waals surface area (Å²) in [5, 5.41) is 11.6. The van der Waals surface area contributed by atoms with Crippen LogP contribution in [-0.2, 0) is 20.8 Å². The standard InChI is InChI=1S/C16H18N2O5/c1-9(2)18-14(20)8-12(15(18)21)17-13(19)7-10-5-3-4-6-11(10)16(22)23/h3-6,9,12H,7-8H2,1-2H3,(H,17,19)(H,22,23). The highest BCUT2D eigenvalue weighted by atomic mass is 16.4. The van der Waals surface area contributed by atoms with Gasteiger partial charge in [0.25, 0.3) is 5.91 Å². The minimum atomic E-state index is -1.12. The van der Waals surface area contributed by atoms with Crippen LogP contribution >= 0.6 is 0 Å². The van der Waals surface area contributed by atoms with Crippen LogP contribution in [0.25, 0.3) is 0 Å². The number of amides is 3. The van der Waals surface area contributed by atoms with Crippen molar-refractivity contribution < 1.29 is 24.3 Å². The van der Waals surface area contributed by atoms with Crippen molar-refractivity contribution in [2.45, 2.75) is 38.8 Å². The van der Waals surface area contributed by atoms with E-state index in [4.69, 9.17) is 5.11 Å². The van der Waals surface area contributed by atoms with E-state index in [1.54, 1.807) is 32.0 Å². The average molecular weight is 318 g/mol. The van der Waals surface area contributed by atoms with E-state index in [0.29, 0.717) is 5.56 Å². The van der Waals surface area contributed by atoms with Crippen LogP contribution in [0.15, 0.2) is 24.3 Å². The van der Waals surface area contributed by atoms with Crippen LogP contribution in [0.3, 0.4) is 0 Å². The van der Waals surface area contributed by atoms with Crippen molar-refractivity contribution >= 4 is 23.7 Å². The van der Waals surface area contributed by atoms with Gasteiger partial charge < -0.3 is 10.4 Å². The summed E-state index contributed by atoms with van der Waals surface area (Å²) in [6.45, 7) is 3.45. The number of carboxylic acids is 1. The molecule has 1 saturated heterocycles. The fourth-order valence-electron chi connectivity index (χ4n) is 2.61. The summed E-state index contributed by atoms with van der Waals surface area (Å²) in [6.07, 6.45) is -0.231. The minimum absolute atomic E-state index is 0.0419. The molecule has 122 valence electrons. The minimum Gasteiger partial charge on any atom is -0.478 e. The summed E-state index contributed by atoms with van der Waals surface area (Å²) in [5.41, 5.74) is 0.398. The van der Waals surface area contributed by atoms with Gasteiger partial charge in [0.2, 0.25) is 11.8 Å². The second-order valence-electron chi connectivity index (χ2n) is 5.66. The molecular formula is C16H18N2O5. The Balaban J connectivity index is 2.05. The number of carbonyl (C=O) groups is 4. The van der Waals surface area contributed by atoms with Gasteiger partial charge in [-0.3, -0.25) is 19.3 Å². The lowest BCUT2D eigenvalue weighted by Crippen LogP contribution is -2.44. The Kier molecular flexibility index (Phi) is 4.78. The molecule has 1 aromatic rings. The number of carboxylic acid groups (broad SMARTS) is 1. The van der Waals surface area contributed by atoms with Crippen molar-refractivity contribution in [1.29, 1.82) is 0 Å². The summed E-state index contributed by atoms with van der Waals surface area (Å²) in [6, 6.07) is 5.03. The van der Waals surface area contributed by atoms with Crippen molar-refractivity contribution in [3.05, 3.63) is 35.4 Å². The third-order valence-corrected chi connectivity index (χ3v) is 3.63. The summed E-state index contributed by atoms with van der Waals surface area (Å²) in [5.74, 6) is -2.35. The molecule has 2 rings (SSSR count). The van der Waals surface area contributed by atoms with E-state index >= 15 is 0 Å². The molecule has 0 spiro atoms. The van der Waals surface area contributed by atoms with E-state index < -0.39 is 23.8 Å². The molecule has 23 heavy (non-hydrogen) atoms. The molecular weight excluding hydrogens is 300 g/mol. The normalized spacial score (nSPS) is 17.7. The number of nitrogens with one attached hydrogen (secondary N) is 1. The molecule has 0 bridgehead atoms. The van der Waals surface area contributed by atoms with Gasteiger partial charge in [-0.2, -0.15) is 0 Å². The molecule has 1 heterocycles. The lowest BCUT2D eigenvalue weighted by atomic mass is 10.0. The number of rotatable bonds is 5. The zero-order valence-electron chi connectivity index (χ0n) is 12.9. The van der Waals surface area contributed by atoms with Crippen molar-refractivity contribution in [1.82, 2.24) is 10.2 Å². The second kappa shape index (κ2) is 6.60. The van der Waals surface area contributed by atoms with Gasteiger partial charge >= 0.3 is 5.97 Å². The van der Waals surface area contributed by atoms with Gasteiger partial charge in [0.05, 0.1) is 18.4 Å². The molecule has 0 saturated carbocycles. The quantitative estimate of drug-likeness (QED) is 0.773. The molecule has 1 atom stereocenters. The van der Waals surface area contributed by atoms with Crippen LogP contribution < -0.4 is 5.32 Å². The van der Waals surface area contributed by atoms with Gasteiger partial charge in [0.1, 0.15) is 6.04 Å². The van der Waals surface area contributed by atoms with Crippen LogP contribution in [0.1, 0.15) is 36.2 Å². The molecule has 1 aliphatic heterocycles. The Morgan fingerprint density at radius 1 is 1.30 bits per heavy atom. The number of benzene rings is 1. The van der Waals surface area contributed by atoms with Crippen molar-refractivity contribution in [2.24, 2.45) is 0 Å². The first-order chi connectivity index (χ1) is 10.8. The summed E-state index contributed by atoms with van der Waals surface area (Å²) >= 11 is 0. The third-order valence-electron chi connectivity index (χ3n) is 3.63. The monoisotopic (exact) mass is 318 g/mol. The van der Waals surface area contributed by atoms with Gasteiger partial charge in [-0.05, 0) is 25.5 Å². The number of nitrogens with zero attached hydrogens (tertiary/aromatic N) is 1. The highest BCUT2D eigenvalue weighted by molar-refractivity contribution is 6.07. The van der Waals surface area contributed by atoms with Crippen molar-refractivity contribution in [3.8, 4) is 0 Å². The molecule has 0 aliphatic carbocycles. The second-order valence-corrected chi connectivity index (χ2v) is 5.66. The Morgan fingerprint density at radius 3 is 2.52 bits per heavy atom. The first kappa shape index (κ1) is 16.7. The van der Waals surface area contributed by atoms with Gasteiger partial charge in [0.15, 0.2) is 0 Å². The van der Waals surface area contributed by atoms with E-state index in [2.05, 4.69) is 5.32 Å². The summed E-state index contributed by atoms with van der Waals surface area (Å²) < 4.78 is 0. The van der Waals surface area contributed by atoms with E-state index in [9.17, 15) is 19.2 Å². The smallest absolute Gasteiger partial charge is 0.335 e. The SMILES string of the molecule is CC(C)N1C(=O)CC(NC(=O)Cc2ccccc2C(=O)O)C1=O. The number of imide groups is 1. The average Bonchev–Trinajstić information content (AvgIpc) is 2.73. The van der Waals surface area contributed by atoms with Crippen LogP contribution in [-0.4, -0.2) is 45.8 Å². The van der Waals surface area contributed by atoms with Crippen LogP contribution in [0.2, 0.25) is 0 Å². The molecule has 1 fully saturated rings. The zero-order valence-corrected chi connectivity index (χ0v) is 12.9. The van der Waals surface area contributed by atoms with E-state index in [1.165, 1.54) is 6.07 Å². The molecule has 7 nitrogen and oxygen atoms in total. The van der Waals surface area contributed by atoms with Crippen molar-refractivity contribution in [2.75, 3.05) is 0 Å². The predicted molar refractivity (Wildman–Crippen MR) is 80.6 cm³/mol. The number of aromatic carboxylic acids is 1.